The molecule has 1 heterocycles. The molecule has 0 unspecified atom stereocenters. The van der Waals surface area contributed by atoms with E-state index in [1.165, 1.54) is 5.69 Å². The molecular weight excluding hydrogens is 228 g/mol. The number of ether oxygens (including phenoxy) is 2. The van der Waals surface area contributed by atoms with Gasteiger partial charge in [-0.25, -0.2) is 0 Å². The maximum Gasteiger partial charge on any atom is 0.130 e. The molecule has 0 N–H and O–H groups in total. The molecule has 0 fully saturated rings. The standard InChI is InChI=1S/C14H18N2O2/c1-5-13-12(9-15-16(13)2)11-7-6-10(17-3)8-14(11)18-4/h6-9H,5H2,1-4H3. The van der Waals surface area contributed by atoms with Crippen molar-refractivity contribution in [1.29, 1.82) is 0 Å². The van der Waals surface area contributed by atoms with Crippen molar-refractivity contribution >= 4 is 0 Å². The molecule has 0 aliphatic carbocycles. The Morgan fingerprint density at radius 2 is 1.94 bits per heavy atom. The summed E-state index contributed by atoms with van der Waals surface area (Å²) in [6, 6.07) is 5.83. The summed E-state index contributed by atoms with van der Waals surface area (Å²) in [5, 5.41) is 4.31. The van der Waals surface area contributed by atoms with Crippen LogP contribution in [-0.2, 0) is 13.5 Å². The second-order valence-corrected chi connectivity index (χ2v) is 4.05. The molecule has 0 aliphatic rings. The quantitative estimate of drug-likeness (QED) is 0.832. The first kappa shape index (κ1) is 12.5. The van der Waals surface area contributed by atoms with Crippen LogP contribution < -0.4 is 9.47 Å². The molecule has 0 atom stereocenters. The van der Waals surface area contributed by atoms with E-state index in [0.29, 0.717) is 0 Å². The highest BCUT2D eigenvalue weighted by Crippen LogP contribution is 2.35. The van der Waals surface area contributed by atoms with Gasteiger partial charge in [0.2, 0.25) is 0 Å². The van der Waals surface area contributed by atoms with Gasteiger partial charge in [-0.05, 0) is 18.6 Å². The van der Waals surface area contributed by atoms with Crippen LogP contribution in [0, 0.1) is 0 Å². The number of rotatable bonds is 4. The second-order valence-electron chi connectivity index (χ2n) is 4.05. The fraction of sp³-hybridized carbons (Fsp3) is 0.357. The van der Waals surface area contributed by atoms with Crippen molar-refractivity contribution in [2.24, 2.45) is 7.05 Å². The Morgan fingerprint density at radius 1 is 1.17 bits per heavy atom. The maximum absolute atomic E-state index is 5.43. The van der Waals surface area contributed by atoms with Crippen molar-refractivity contribution in [2.45, 2.75) is 13.3 Å². The van der Waals surface area contributed by atoms with Crippen molar-refractivity contribution in [2.75, 3.05) is 14.2 Å². The molecule has 0 spiro atoms. The van der Waals surface area contributed by atoms with Crippen LogP contribution in [0.1, 0.15) is 12.6 Å². The fourth-order valence-corrected chi connectivity index (χ4v) is 2.13. The van der Waals surface area contributed by atoms with Gasteiger partial charge in [0.1, 0.15) is 11.5 Å². The predicted octanol–water partition coefficient (Wildman–Crippen LogP) is 2.67. The minimum atomic E-state index is 0.789. The monoisotopic (exact) mass is 246 g/mol. The number of aromatic nitrogens is 2. The van der Waals surface area contributed by atoms with Gasteiger partial charge in [0, 0.05) is 29.9 Å². The molecule has 0 bridgehead atoms. The third-order valence-electron chi connectivity index (χ3n) is 3.10. The third kappa shape index (κ3) is 2.06. The summed E-state index contributed by atoms with van der Waals surface area (Å²) in [4.78, 5) is 0. The molecule has 1 aromatic heterocycles. The molecule has 4 nitrogen and oxygen atoms in total. The minimum absolute atomic E-state index is 0.789. The summed E-state index contributed by atoms with van der Waals surface area (Å²) in [5.41, 5.74) is 3.35. The second kappa shape index (κ2) is 5.12. The largest absolute Gasteiger partial charge is 0.497 e. The fourth-order valence-electron chi connectivity index (χ4n) is 2.13. The Morgan fingerprint density at radius 3 is 2.56 bits per heavy atom. The normalized spacial score (nSPS) is 10.4. The summed E-state index contributed by atoms with van der Waals surface area (Å²) in [6.45, 7) is 2.12. The smallest absolute Gasteiger partial charge is 0.130 e. The lowest BCUT2D eigenvalue weighted by atomic mass is 10.0. The van der Waals surface area contributed by atoms with Gasteiger partial charge in [0.25, 0.3) is 0 Å². The number of methoxy groups -OCH3 is 2. The van der Waals surface area contributed by atoms with E-state index in [0.717, 1.165) is 29.0 Å². The number of aryl methyl sites for hydroxylation is 1. The Hall–Kier alpha value is -1.97. The lowest BCUT2D eigenvalue weighted by Gasteiger charge is -2.10. The lowest BCUT2D eigenvalue weighted by Crippen LogP contribution is -1.98. The van der Waals surface area contributed by atoms with Crippen LogP contribution in [0.25, 0.3) is 11.1 Å². The number of nitrogens with zero attached hydrogens (tertiary/aromatic N) is 2. The lowest BCUT2D eigenvalue weighted by molar-refractivity contribution is 0.395. The molecule has 2 aromatic rings. The van der Waals surface area contributed by atoms with Crippen LogP contribution in [0.3, 0.4) is 0 Å². The summed E-state index contributed by atoms with van der Waals surface area (Å²) in [5.74, 6) is 1.59. The number of benzene rings is 1. The summed E-state index contributed by atoms with van der Waals surface area (Å²) < 4.78 is 12.5. The highest BCUT2D eigenvalue weighted by Gasteiger charge is 2.13. The van der Waals surface area contributed by atoms with Gasteiger partial charge in [0.15, 0.2) is 0 Å². The molecule has 4 heteroatoms. The van der Waals surface area contributed by atoms with Gasteiger partial charge < -0.3 is 9.47 Å². The van der Waals surface area contributed by atoms with E-state index in [1.54, 1.807) is 14.2 Å². The summed E-state index contributed by atoms with van der Waals surface area (Å²) >= 11 is 0. The summed E-state index contributed by atoms with van der Waals surface area (Å²) in [6.07, 6.45) is 2.81. The summed E-state index contributed by atoms with van der Waals surface area (Å²) in [7, 11) is 5.27. The third-order valence-corrected chi connectivity index (χ3v) is 3.10. The first-order chi connectivity index (χ1) is 8.71. The van der Waals surface area contributed by atoms with E-state index in [2.05, 4.69) is 12.0 Å². The first-order valence-corrected chi connectivity index (χ1v) is 5.94. The molecule has 1 aromatic carbocycles. The van der Waals surface area contributed by atoms with E-state index in [-0.39, 0.29) is 0 Å². The zero-order chi connectivity index (χ0) is 13.1. The zero-order valence-electron chi connectivity index (χ0n) is 11.2. The van der Waals surface area contributed by atoms with Gasteiger partial charge in [-0.15, -0.1) is 0 Å². The van der Waals surface area contributed by atoms with Crippen molar-refractivity contribution in [1.82, 2.24) is 9.78 Å². The molecule has 2 rings (SSSR count). The SMILES string of the molecule is CCc1c(-c2ccc(OC)cc2OC)cnn1C. The van der Waals surface area contributed by atoms with Crippen molar-refractivity contribution in [3.8, 4) is 22.6 Å². The van der Waals surface area contributed by atoms with Gasteiger partial charge in [0.05, 0.1) is 20.4 Å². The van der Waals surface area contributed by atoms with E-state index >= 15 is 0 Å². The Kier molecular flexibility index (Phi) is 3.55. The molecule has 96 valence electrons. The van der Waals surface area contributed by atoms with Gasteiger partial charge >= 0.3 is 0 Å². The minimum Gasteiger partial charge on any atom is -0.497 e. The molecule has 0 saturated heterocycles. The predicted molar refractivity (Wildman–Crippen MR) is 71.1 cm³/mol. The Labute approximate surface area is 107 Å². The van der Waals surface area contributed by atoms with Crippen LogP contribution in [0.4, 0.5) is 0 Å². The zero-order valence-corrected chi connectivity index (χ0v) is 11.2. The molecule has 0 aliphatic heterocycles. The van der Waals surface area contributed by atoms with Gasteiger partial charge in [-0.3, -0.25) is 4.68 Å². The average Bonchev–Trinajstić information content (AvgIpc) is 2.78. The van der Waals surface area contributed by atoms with Crippen molar-refractivity contribution in [3.05, 3.63) is 30.1 Å². The number of hydrogen-bond donors (Lipinski definition) is 0. The van der Waals surface area contributed by atoms with Crippen LogP contribution in [0.2, 0.25) is 0 Å². The average molecular weight is 246 g/mol. The van der Waals surface area contributed by atoms with E-state index in [4.69, 9.17) is 9.47 Å². The van der Waals surface area contributed by atoms with Crippen molar-refractivity contribution < 1.29 is 9.47 Å². The van der Waals surface area contributed by atoms with Crippen LogP contribution >= 0.6 is 0 Å². The van der Waals surface area contributed by atoms with E-state index in [9.17, 15) is 0 Å². The van der Waals surface area contributed by atoms with E-state index in [1.807, 2.05) is 36.1 Å². The number of hydrogen-bond acceptors (Lipinski definition) is 3. The highest BCUT2D eigenvalue weighted by molar-refractivity contribution is 5.73. The molecule has 18 heavy (non-hydrogen) atoms. The van der Waals surface area contributed by atoms with E-state index < -0.39 is 0 Å². The topological polar surface area (TPSA) is 36.3 Å². The van der Waals surface area contributed by atoms with Crippen LogP contribution in [0.15, 0.2) is 24.4 Å². The first-order valence-electron chi connectivity index (χ1n) is 5.94. The Balaban J connectivity index is 2.56. The molecule has 0 saturated carbocycles. The highest BCUT2D eigenvalue weighted by atomic mass is 16.5. The molecule has 0 amide bonds. The van der Waals surface area contributed by atoms with Gasteiger partial charge in [-0.1, -0.05) is 6.92 Å². The maximum atomic E-state index is 5.43. The van der Waals surface area contributed by atoms with Crippen LogP contribution in [-0.4, -0.2) is 24.0 Å². The Bertz CT molecular complexity index is 547. The van der Waals surface area contributed by atoms with Crippen LogP contribution in [0.5, 0.6) is 11.5 Å². The molecular formula is C14H18N2O2. The van der Waals surface area contributed by atoms with Crippen molar-refractivity contribution in [3.63, 3.8) is 0 Å². The molecule has 0 radical (unpaired) electrons. The van der Waals surface area contributed by atoms with Gasteiger partial charge in [-0.2, -0.15) is 5.10 Å².